The highest BCUT2D eigenvalue weighted by Crippen LogP contribution is 2.25. The molecule has 0 unspecified atom stereocenters. The zero-order valence-corrected chi connectivity index (χ0v) is 8.25. The van der Waals surface area contributed by atoms with E-state index in [4.69, 9.17) is 16.7 Å². The molecule has 15 heavy (non-hydrogen) atoms. The molecule has 0 aromatic heterocycles. The molecule has 0 aliphatic rings. The fraction of sp³-hybridized carbons (Fsp3) is 0. The zero-order valence-electron chi connectivity index (χ0n) is 7.50. The van der Waals surface area contributed by atoms with E-state index in [1.54, 1.807) is 0 Å². The van der Waals surface area contributed by atoms with Gasteiger partial charge in [0.1, 0.15) is 5.82 Å². The molecule has 0 atom stereocenters. The number of hydrogen-bond donors (Lipinski definition) is 1. The van der Waals surface area contributed by atoms with Crippen LogP contribution in [0.15, 0.2) is 30.3 Å². The van der Waals surface area contributed by atoms with Crippen molar-refractivity contribution < 1.29 is 14.3 Å². The van der Waals surface area contributed by atoms with Gasteiger partial charge in [-0.25, -0.2) is 9.18 Å². The Hall–Kier alpha value is -1.61. The number of halogens is 2. The lowest BCUT2D eigenvalue weighted by Gasteiger charge is -2.03. The maximum absolute atomic E-state index is 13.3. The van der Waals surface area contributed by atoms with Gasteiger partial charge in [-0.1, -0.05) is 11.6 Å². The van der Waals surface area contributed by atoms with Crippen LogP contribution in [0.4, 0.5) is 4.39 Å². The van der Waals surface area contributed by atoms with E-state index in [1.807, 2.05) is 0 Å². The molecule has 0 fully saturated rings. The van der Waals surface area contributed by atoms with Crippen LogP contribution in [0, 0.1) is 5.82 Å². The van der Waals surface area contributed by atoms with Crippen LogP contribution in [-0.2, 0) is 0 Å². The molecule has 0 radical (unpaired) electrons. The highest BCUT2D eigenvalue weighted by molar-refractivity contribution is 6.31. The first-order chi connectivity index (χ1) is 7.09. The molecular formula is C11H6ClFO2. The van der Waals surface area contributed by atoms with Crippen molar-refractivity contribution >= 4 is 28.3 Å². The molecule has 0 amide bonds. The molecule has 1 N–H and O–H groups in total. The van der Waals surface area contributed by atoms with Gasteiger partial charge in [-0.2, -0.15) is 0 Å². The predicted molar refractivity (Wildman–Crippen MR) is 55.9 cm³/mol. The lowest BCUT2D eigenvalue weighted by molar-refractivity contribution is 0.0699. The Labute approximate surface area is 89.9 Å². The first kappa shape index (κ1) is 9.93. The van der Waals surface area contributed by atoms with Crippen molar-refractivity contribution in [3.8, 4) is 0 Å². The number of benzene rings is 2. The van der Waals surface area contributed by atoms with E-state index in [0.29, 0.717) is 10.4 Å². The van der Waals surface area contributed by atoms with Crippen molar-refractivity contribution in [2.24, 2.45) is 0 Å². The van der Waals surface area contributed by atoms with E-state index in [1.165, 1.54) is 24.3 Å². The second-order valence-corrected chi connectivity index (χ2v) is 3.53. The van der Waals surface area contributed by atoms with Crippen LogP contribution in [0.3, 0.4) is 0 Å². The molecule has 4 heteroatoms. The second-order valence-electron chi connectivity index (χ2n) is 3.09. The van der Waals surface area contributed by atoms with Gasteiger partial charge in [-0.15, -0.1) is 0 Å². The summed E-state index contributed by atoms with van der Waals surface area (Å²) in [5.74, 6) is -1.55. The minimum atomic E-state index is -1.10. The van der Waals surface area contributed by atoms with Crippen LogP contribution < -0.4 is 0 Å². The van der Waals surface area contributed by atoms with Crippen LogP contribution in [0.2, 0.25) is 5.02 Å². The molecule has 0 heterocycles. The average Bonchev–Trinajstić information content (AvgIpc) is 2.17. The number of aromatic carboxylic acids is 1. The third kappa shape index (κ3) is 1.66. The third-order valence-electron chi connectivity index (χ3n) is 2.16. The van der Waals surface area contributed by atoms with Crippen molar-refractivity contribution in [3.05, 3.63) is 46.7 Å². The summed E-state index contributed by atoms with van der Waals surface area (Å²) in [6, 6.07) is 6.82. The Balaban J connectivity index is 2.90. The van der Waals surface area contributed by atoms with Crippen molar-refractivity contribution in [1.29, 1.82) is 0 Å². The molecule has 0 spiro atoms. The minimum Gasteiger partial charge on any atom is -0.478 e. The first-order valence-corrected chi connectivity index (χ1v) is 4.58. The third-order valence-corrected chi connectivity index (χ3v) is 2.39. The smallest absolute Gasteiger partial charge is 0.336 e. The second kappa shape index (κ2) is 3.51. The van der Waals surface area contributed by atoms with E-state index in [9.17, 15) is 9.18 Å². The molecule has 2 aromatic carbocycles. The van der Waals surface area contributed by atoms with Gasteiger partial charge in [-0.3, -0.25) is 0 Å². The van der Waals surface area contributed by atoms with Crippen LogP contribution >= 0.6 is 11.6 Å². The Kier molecular flexibility index (Phi) is 2.32. The van der Waals surface area contributed by atoms with Crippen LogP contribution in [0.25, 0.3) is 10.8 Å². The number of carboxylic acids is 1. The van der Waals surface area contributed by atoms with Crippen molar-refractivity contribution in [1.82, 2.24) is 0 Å². The summed E-state index contributed by atoms with van der Waals surface area (Å²) in [5, 5.41) is 9.86. The molecule has 2 aromatic rings. The topological polar surface area (TPSA) is 37.3 Å². The highest BCUT2D eigenvalue weighted by Gasteiger charge is 2.11. The van der Waals surface area contributed by atoms with E-state index < -0.39 is 11.8 Å². The van der Waals surface area contributed by atoms with Gasteiger partial charge >= 0.3 is 5.97 Å². The monoisotopic (exact) mass is 224 g/mol. The molecule has 0 aliphatic heterocycles. The normalized spacial score (nSPS) is 10.5. The quantitative estimate of drug-likeness (QED) is 0.807. The minimum absolute atomic E-state index is 0.0499. The molecule has 2 nitrogen and oxygen atoms in total. The van der Waals surface area contributed by atoms with E-state index in [-0.39, 0.29) is 10.9 Å². The highest BCUT2D eigenvalue weighted by atomic mass is 35.5. The maximum atomic E-state index is 13.3. The molecule has 0 bridgehead atoms. The lowest BCUT2D eigenvalue weighted by atomic mass is 10.0. The van der Waals surface area contributed by atoms with Gasteiger partial charge in [0.05, 0.1) is 5.56 Å². The fourth-order valence-corrected chi connectivity index (χ4v) is 1.64. The Morgan fingerprint density at radius 1 is 1.20 bits per heavy atom. The summed E-state index contributed by atoms with van der Waals surface area (Å²) in [4.78, 5) is 10.9. The SMILES string of the molecule is O=C(O)c1ccc(F)c2ccc(Cl)cc12. The van der Waals surface area contributed by atoms with Crippen LogP contribution in [0.1, 0.15) is 10.4 Å². The Bertz CT molecular complexity index is 552. The molecule has 0 saturated heterocycles. The van der Waals surface area contributed by atoms with E-state index >= 15 is 0 Å². The van der Waals surface area contributed by atoms with Gasteiger partial charge in [0.15, 0.2) is 0 Å². The summed E-state index contributed by atoms with van der Waals surface area (Å²) in [6.45, 7) is 0. The summed E-state index contributed by atoms with van der Waals surface area (Å²) < 4.78 is 13.3. The van der Waals surface area contributed by atoms with Gasteiger partial charge < -0.3 is 5.11 Å². The molecule has 0 saturated carbocycles. The standard InChI is InChI=1S/C11H6ClFO2/c12-6-1-2-7-9(5-6)8(11(14)15)3-4-10(7)13/h1-5H,(H,14,15). The van der Waals surface area contributed by atoms with Gasteiger partial charge in [-0.05, 0) is 30.3 Å². The van der Waals surface area contributed by atoms with E-state index in [0.717, 1.165) is 6.07 Å². The first-order valence-electron chi connectivity index (χ1n) is 4.20. The van der Waals surface area contributed by atoms with Crippen LogP contribution in [0.5, 0.6) is 0 Å². The maximum Gasteiger partial charge on any atom is 0.336 e. The van der Waals surface area contributed by atoms with Crippen molar-refractivity contribution in [2.45, 2.75) is 0 Å². The number of fused-ring (bicyclic) bond motifs is 1. The Morgan fingerprint density at radius 3 is 2.60 bits per heavy atom. The van der Waals surface area contributed by atoms with Gasteiger partial charge in [0.25, 0.3) is 0 Å². The number of carbonyl (C=O) groups is 1. The average molecular weight is 225 g/mol. The summed E-state index contributed by atoms with van der Waals surface area (Å²) in [7, 11) is 0. The predicted octanol–water partition coefficient (Wildman–Crippen LogP) is 3.33. The van der Waals surface area contributed by atoms with Gasteiger partial charge in [0, 0.05) is 15.8 Å². The zero-order chi connectivity index (χ0) is 11.0. The number of hydrogen-bond acceptors (Lipinski definition) is 1. The fourth-order valence-electron chi connectivity index (χ4n) is 1.47. The summed E-state index contributed by atoms with van der Waals surface area (Å²) in [5.41, 5.74) is 0.0499. The summed E-state index contributed by atoms with van der Waals surface area (Å²) in [6.07, 6.45) is 0. The van der Waals surface area contributed by atoms with Crippen molar-refractivity contribution in [2.75, 3.05) is 0 Å². The van der Waals surface area contributed by atoms with E-state index in [2.05, 4.69) is 0 Å². The summed E-state index contributed by atoms with van der Waals surface area (Å²) >= 11 is 5.73. The van der Waals surface area contributed by atoms with Crippen molar-refractivity contribution in [3.63, 3.8) is 0 Å². The molecule has 76 valence electrons. The Morgan fingerprint density at radius 2 is 1.93 bits per heavy atom. The molecular weight excluding hydrogens is 219 g/mol. The van der Waals surface area contributed by atoms with Gasteiger partial charge in [0.2, 0.25) is 0 Å². The van der Waals surface area contributed by atoms with Crippen LogP contribution in [-0.4, -0.2) is 11.1 Å². The molecule has 2 rings (SSSR count). The molecule has 0 aliphatic carbocycles. The largest absolute Gasteiger partial charge is 0.478 e. The number of carboxylic acid groups (broad SMARTS) is 1. The number of rotatable bonds is 1. The lowest BCUT2D eigenvalue weighted by Crippen LogP contribution is -1.98.